The molecule has 1 aromatic heterocycles. The van der Waals surface area contributed by atoms with E-state index in [1.807, 2.05) is 42.5 Å². The van der Waals surface area contributed by atoms with Crippen LogP contribution < -0.4 is 5.56 Å². The Balaban J connectivity index is 2.46. The molecule has 0 saturated heterocycles. The van der Waals surface area contributed by atoms with E-state index in [0.717, 1.165) is 22.2 Å². The zero-order chi connectivity index (χ0) is 17.4. The molecule has 3 rings (SSSR count). The quantitative estimate of drug-likeness (QED) is 0.742. The van der Waals surface area contributed by atoms with Crippen LogP contribution in [0, 0.1) is 0 Å². The molecule has 3 nitrogen and oxygen atoms in total. The first kappa shape index (κ1) is 16.3. The molecule has 0 aliphatic heterocycles. The van der Waals surface area contributed by atoms with Crippen LogP contribution in [0.1, 0.15) is 50.7 Å². The first-order valence-corrected chi connectivity index (χ1v) is 8.38. The number of fused-ring (bicyclic) bond motifs is 1. The van der Waals surface area contributed by atoms with Gasteiger partial charge in [-0.15, -0.1) is 0 Å². The maximum Gasteiger partial charge on any atom is 0.258 e. The Morgan fingerprint density at radius 3 is 2.04 bits per heavy atom. The van der Waals surface area contributed by atoms with Gasteiger partial charge in [0.2, 0.25) is 5.88 Å². The molecule has 3 heteroatoms. The third kappa shape index (κ3) is 2.60. The van der Waals surface area contributed by atoms with Gasteiger partial charge in [-0.3, -0.25) is 4.79 Å². The lowest BCUT2D eigenvalue weighted by Gasteiger charge is -2.22. The topological polar surface area (TPSA) is 42.2 Å². The Kier molecular flexibility index (Phi) is 4.18. The van der Waals surface area contributed by atoms with Crippen molar-refractivity contribution in [1.82, 2.24) is 4.57 Å². The number of rotatable bonds is 3. The first-order valence-electron chi connectivity index (χ1n) is 8.38. The third-order valence-corrected chi connectivity index (χ3v) is 4.48. The molecular weight excluding hydrogens is 298 g/mol. The molecule has 3 aromatic rings. The van der Waals surface area contributed by atoms with Gasteiger partial charge in [-0.1, -0.05) is 64.1 Å². The van der Waals surface area contributed by atoms with E-state index in [0.29, 0.717) is 5.39 Å². The third-order valence-electron chi connectivity index (χ3n) is 4.48. The van der Waals surface area contributed by atoms with Crippen molar-refractivity contribution < 1.29 is 5.11 Å². The monoisotopic (exact) mass is 321 g/mol. The first-order chi connectivity index (χ1) is 11.4. The van der Waals surface area contributed by atoms with Crippen LogP contribution in [0.2, 0.25) is 0 Å². The summed E-state index contributed by atoms with van der Waals surface area (Å²) in [6, 6.07) is 15.1. The second-order valence-corrected chi connectivity index (χ2v) is 6.82. The van der Waals surface area contributed by atoms with E-state index in [1.54, 1.807) is 6.07 Å². The van der Waals surface area contributed by atoms with Crippen molar-refractivity contribution in [2.75, 3.05) is 0 Å². The fourth-order valence-corrected chi connectivity index (χ4v) is 3.23. The van der Waals surface area contributed by atoms with Crippen molar-refractivity contribution >= 4 is 10.8 Å². The van der Waals surface area contributed by atoms with Crippen molar-refractivity contribution in [3.8, 4) is 11.6 Å². The number of hydrogen-bond donors (Lipinski definition) is 1. The predicted molar refractivity (Wildman–Crippen MR) is 99.4 cm³/mol. The lowest BCUT2D eigenvalue weighted by Crippen LogP contribution is -2.21. The molecule has 0 aliphatic rings. The number of hydrogen-bond acceptors (Lipinski definition) is 2. The Bertz CT molecular complexity index is 925. The lowest BCUT2D eigenvalue weighted by molar-refractivity contribution is 0.441. The highest BCUT2D eigenvalue weighted by Crippen LogP contribution is 2.34. The van der Waals surface area contributed by atoms with Crippen molar-refractivity contribution in [3.63, 3.8) is 0 Å². The van der Waals surface area contributed by atoms with Gasteiger partial charge in [0.05, 0.1) is 5.69 Å². The van der Waals surface area contributed by atoms with E-state index >= 15 is 0 Å². The van der Waals surface area contributed by atoms with E-state index in [1.165, 1.54) is 4.57 Å². The summed E-state index contributed by atoms with van der Waals surface area (Å²) in [7, 11) is 0. The highest BCUT2D eigenvalue weighted by molar-refractivity contribution is 5.87. The summed E-state index contributed by atoms with van der Waals surface area (Å²) >= 11 is 0. The van der Waals surface area contributed by atoms with Crippen LogP contribution in [0.5, 0.6) is 5.88 Å². The maximum absolute atomic E-state index is 12.8. The van der Waals surface area contributed by atoms with Crippen molar-refractivity contribution in [1.29, 1.82) is 0 Å². The second kappa shape index (κ2) is 6.16. The Labute approximate surface area is 142 Å². The number of benzene rings is 2. The van der Waals surface area contributed by atoms with Crippen molar-refractivity contribution in [2.24, 2.45) is 0 Å². The normalized spacial score (nSPS) is 11.6. The SMILES string of the molecule is CC(C)c1cccc(C(C)C)c1-n1c(O)c2ccccc2cc1=O. The number of aromatic hydroxyl groups is 1. The summed E-state index contributed by atoms with van der Waals surface area (Å²) in [6.45, 7) is 8.41. The van der Waals surface area contributed by atoms with E-state index in [9.17, 15) is 9.90 Å². The van der Waals surface area contributed by atoms with E-state index in [-0.39, 0.29) is 23.3 Å². The smallest absolute Gasteiger partial charge is 0.258 e. The molecular formula is C21H23NO2. The summed E-state index contributed by atoms with van der Waals surface area (Å²) in [5.41, 5.74) is 2.74. The molecule has 0 saturated carbocycles. The molecule has 0 spiro atoms. The van der Waals surface area contributed by atoms with Crippen LogP contribution in [-0.2, 0) is 0 Å². The van der Waals surface area contributed by atoms with Gasteiger partial charge in [0.15, 0.2) is 0 Å². The van der Waals surface area contributed by atoms with Crippen LogP contribution in [0.3, 0.4) is 0 Å². The Morgan fingerprint density at radius 1 is 0.875 bits per heavy atom. The van der Waals surface area contributed by atoms with Crippen molar-refractivity contribution in [3.05, 3.63) is 70.0 Å². The average molecular weight is 321 g/mol. The summed E-state index contributed by atoms with van der Waals surface area (Å²) in [4.78, 5) is 12.8. The van der Waals surface area contributed by atoms with Crippen LogP contribution in [-0.4, -0.2) is 9.67 Å². The maximum atomic E-state index is 12.8. The fraction of sp³-hybridized carbons (Fsp3) is 0.286. The molecule has 0 amide bonds. The molecule has 0 aliphatic carbocycles. The molecule has 2 aromatic carbocycles. The van der Waals surface area contributed by atoms with E-state index < -0.39 is 0 Å². The molecule has 0 radical (unpaired) electrons. The van der Waals surface area contributed by atoms with Crippen molar-refractivity contribution in [2.45, 2.75) is 39.5 Å². The summed E-state index contributed by atoms with van der Waals surface area (Å²) in [5.74, 6) is 0.501. The van der Waals surface area contributed by atoms with Crippen LogP contribution >= 0.6 is 0 Å². The van der Waals surface area contributed by atoms with E-state index in [2.05, 4.69) is 27.7 Å². The predicted octanol–water partition coefficient (Wildman–Crippen LogP) is 4.94. The van der Waals surface area contributed by atoms with Gasteiger partial charge in [-0.25, -0.2) is 4.57 Å². The van der Waals surface area contributed by atoms with E-state index in [4.69, 9.17) is 0 Å². The molecule has 0 atom stereocenters. The minimum absolute atomic E-state index is 0.00750. The summed E-state index contributed by atoms with van der Waals surface area (Å²) < 4.78 is 1.47. The molecule has 0 unspecified atom stereocenters. The molecule has 1 N–H and O–H groups in total. The highest BCUT2D eigenvalue weighted by Gasteiger charge is 2.19. The van der Waals surface area contributed by atoms with Gasteiger partial charge >= 0.3 is 0 Å². The lowest BCUT2D eigenvalue weighted by atomic mass is 9.92. The number of aromatic nitrogens is 1. The zero-order valence-electron chi connectivity index (χ0n) is 14.6. The van der Waals surface area contributed by atoms with Crippen LogP contribution in [0.4, 0.5) is 0 Å². The second-order valence-electron chi connectivity index (χ2n) is 6.82. The number of nitrogens with zero attached hydrogens (tertiary/aromatic N) is 1. The summed E-state index contributed by atoms with van der Waals surface area (Å²) in [5, 5.41) is 12.3. The molecule has 0 fully saturated rings. The Hall–Kier alpha value is -2.55. The minimum Gasteiger partial charge on any atom is -0.494 e. The molecule has 0 bridgehead atoms. The highest BCUT2D eigenvalue weighted by atomic mass is 16.3. The van der Waals surface area contributed by atoms with Gasteiger partial charge in [0, 0.05) is 11.5 Å². The van der Waals surface area contributed by atoms with Gasteiger partial charge in [-0.05, 0) is 34.4 Å². The molecule has 124 valence electrons. The molecule has 1 heterocycles. The number of para-hydroxylation sites is 1. The Morgan fingerprint density at radius 2 is 1.46 bits per heavy atom. The zero-order valence-corrected chi connectivity index (χ0v) is 14.6. The van der Waals surface area contributed by atoms with Gasteiger partial charge < -0.3 is 5.11 Å². The molecule has 24 heavy (non-hydrogen) atoms. The van der Waals surface area contributed by atoms with Gasteiger partial charge in [-0.2, -0.15) is 0 Å². The largest absolute Gasteiger partial charge is 0.494 e. The fourth-order valence-electron chi connectivity index (χ4n) is 3.23. The van der Waals surface area contributed by atoms with Crippen LogP contribution in [0.25, 0.3) is 16.5 Å². The summed E-state index contributed by atoms with van der Waals surface area (Å²) in [6.07, 6.45) is 0. The minimum atomic E-state index is -0.207. The van der Waals surface area contributed by atoms with Gasteiger partial charge in [0.1, 0.15) is 0 Å². The average Bonchev–Trinajstić information content (AvgIpc) is 2.54. The standard InChI is InChI=1S/C21H23NO2/c1-13(2)16-10-7-11-17(14(3)4)20(16)22-19(23)12-15-8-5-6-9-18(15)21(22)24/h5-14,24H,1-4H3. The van der Waals surface area contributed by atoms with Crippen LogP contribution in [0.15, 0.2) is 53.3 Å². The van der Waals surface area contributed by atoms with Gasteiger partial charge in [0.25, 0.3) is 5.56 Å². The number of pyridine rings is 1.